The zero-order valence-corrected chi connectivity index (χ0v) is 13.7. The molecule has 0 amide bonds. The minimum absolute atomic E-state index is 1.23. The van der Waals surface area contributed by atoms with Gasteiger partial charge in [0.2, 0.25) is 0 Å². The molecule has 0 saturated carbocycles. The van der Waals surface area contributed by atoms with E-state index in [1.165, 1.54) is 32.1 Å². The Kier molecular flexibility index (Phi) is 5.36. The molecule has 0 aromatic carbocycles. The molecule has 0 aliphatic heterocycles. The third-order valence-electron chi connectivity index (χ3n) is 2.93. The van der Waals surface area contributed by atoms with Crippen LogP contribution in [0.4, 0.5) is 0 Å². The molecule has 0 N–H and O–H groups in total. The van der Waals surface area contributed by atoms with Crippen molar-refractivity contribution in [2.24, 2.45) is 0 Å². The van der Waals surface area contributed by atoms with E-state index >= 15 is 0 Å². The number of hydrogen-bond donors (Lipinski definition) is 0. The van der Waals surface area contributed by atoms with Crippen molar-refractivity contribution >= 4 is 0 Å². The normalized spacial score (nSPS) is 16.1. The molecule has 79 valence electrons. The van der Waals surface area contributed by atoms with E-state index in [9.17, 15) is 0 Å². The molecule has 0 spiro atoms. The first-order valence-electron chi connectivity index (χ1n) is 5.92. The molecule has 0 radical (unpaired) electrons. The minimum atomic E-state index is -1.23. The van der Waals surface area contributed by atoms with Crippen molar-refractivity contribution in [3.63, 3.8) is 0 Å². The van der Waals surface area contributed by atoms with E-state index in [0.29, 0.717) is 0 Å². The Morgan fingerprint density at radius 1 is 1.14 bits per heavy atom. The molecule has 0 heterocycles. The summed E-state index contributed by atoms with van der Waals surface area (Å²) in [5.41, 5.74) is 3.50. The number of allylic oxidation sites excluding steroid dienone is 4. The molecular weight excluding hydrogens is 335 g/mol. The first kappa shape index (κ1) is 12.4. The first-order valence-corrected chi connectivity index (χ1v) is 14.9. The van der Waals surface area contributed by atoms with Crippen LogP contribution < -0.4 is 0 Å². The summed E-state index contributed by atoms with van der Waals surface area (Å²) in [5, 5.41) is 0. The van der Waals surface area contributed by atoms with Gasteiger partial charge in [-0.05, 0) is 0 Å². The molecule has 0 atom stereocenters. The third-order valence-corrected chi connectivity index (χ3v) is 9.08. The maximum absolute atomic E-state index is 2.54. The van der Waals surface area contributed by atoms with Crippen LogP contribution in [0.1, 0.15) is 46.0 Å². The predicted molar refractivity (Wildman–Crippen MR) is 61.3 cm³/mol. The Bertz CT molecular complexity index is 246. The Labute approximate surface area is 97.0 Å². The van der Waals surface area contributed by atoms with Gasteiger partial charge in [0.15, 0.2) is 0 Å². The Balaban J connectivity index is 2.80. The average Bonchev–Trinajstić information content (AvgIpc) is 2.50. The fourth-order valence-corrected chi connectivity index (χ4v) is 7.28. The van der Waals surface area contributed by atoms with Gasteiger partial charge in [0.1, 0.15) is 0 Å². The van der Waals surface area contributed by atoms with E-state index in [1.807, 2.05) is 3.33 Å². The van der Waals surface area contributed by atoms with Crippen molar-refractivity contribution < 1.29 is 21.4 Å². The van der Waals surface area contributed by atoms with Crippen LogP contribution in [0.5, 0.6) is 0 Å². The molecule has 14 heavy (non-hydrogen) atoms. The van der Waals surface area contributed by atoms with Gasteiger partial charge in [-0.3, -0.25) is 0 Å². The van der Waals surface area contributed by atoms with Gasteiger partial charge in [-0.1, -0.05) is 0 Å². The van der Waals surface area contributed by atoms with Gasteiger partial charge in [0.25, 0.3) is 0 Å². The van der Waals surface area contributed by atoms with Gasteiger partial charge >= 0.3 is 97.3 Å². The molecule has 1 aliphatic rings. The molecule has 0 bridgehead atoms. The maximum atomic E-state index is 2.54. The zero-order valence-electron chi connectivity index (χ0n) is 10.1. The SMILES string of the molecule is CCCC1=CC[C]([Hf]([CH3])[CH3])=C1CCC. The van der Waals surface area contributed by atoms with Crippen LogP contribution in [0.25, 0.3) is 0 Å². The molecular formula is C13H23Hf. The van der Waals surface area contributed by atoms with Gasteiger partial charge in [-0.15, -0.1) is 0 Å². The number of hydrogen-bond acceptors (Lipinski definition) is 0. The summed E-state index contributed by atoms with van der Waals surface area (Å²) in [7, 11) is 0. The molecule has 0 fully saturated rings. The van der Waals surface area contributed by atoms with Crippen LogP contribution in [0.3, 0.4) is 0 Å². The Morgan fingerprint density at radius 2 is 1.79 bits per heavy atom. The second-order valence-corrected chi connectivity index (χ2v) is 13.7. The third kappa shape index (κ3) is 2.92. The summed E-state index contributed by atoms with van der Waals surface area (Å²) in [4.78, 5) is 0. The predicted octanol–water partition coefficient (Wildman–Crippen LogP) is 4.89. The van der Waals surface area contributed by atoms with Crippen LogP contribution in [-0.2, 0) is 21.4 Å². The summed E-state index contributed by atoms with van der Waals surface area (Å²) in [5.74, 6) is 0. The van der Waals surface area contributed by atoms with Gasteiger partial charge < -0.3 is 0 Å². The van der Waals surface area contributed by atoms with E-state index in [1.54, 1.807) is 11.1 Å². The summed E-state index contributed by atoms with van der Waals surface area (Å²) in [6, 6.07) is 0. The van der Waals surface area contributed by atoms with Crippen LogP contribution in [0, 0.1) is 0 Å². The quantitative estimate of drug-likeness (QED) is 0.615. The van der Waals surface area contributed by atoms with Gasteiger partial charge in [0.05, 0.1) is 0 Å². The average molecular weight is 358 g/mol. The van der Waals surface area contributed by atoms with Crippen molar-refractivity contribution in [2.45, 2.75) is 55.3 Å². The fraction of sp³-hybridized carbons (Fsp3) is 0.692. The zero-order chi connectivity index (χ0) is 10.6. The van der Waals surface area contributed by atoms with Crippen LogP contribution in [0.15, 0.2) is 20.6 Å². The van der Waals surface area contributed by atoms with E-state index in [2.05, 4.69) is 29.3 Å². The topological polar surface area (TPSA) is 0 Å². The van der Waals surface area contributed by atoms with Crippen molar-refractivity contribution in [3.05, 3.63) is 20.6 Å². The standard InChI is InChI=1S/C11H17.2CH3.Hf/c1-3-6-10-8-5-9-11(10)7-4-2;;;/h8H,3-7H2,1-2H3;2*1H3;. The van der Waals surface area contributed by atoms with Crippen molar-refractivity contribution in [2.75, 3.05) is 0 Å². The van der Waals surface area contributed by atoms with Crippen LogP contribution in [0.2, 0.25) is 9.36 Å². The Morgan fingerprint density at radius 3 is 2.29 bits per heavy atom. The van der Waals surface area contributed by atoms with E-state index in [4.69, 9.17) is 0 Å². The fourth-order valence-electron chi connectivity index (χ4n) is 2.26. The molecule has 0 unspecified atom stereocenters. The van der Waals surface area contributed by atoms with Gasteiger partial charge in [-0.2, -0.15) is 0 Å². The van der Waals surface area contributed by atoms with E-state index < -0.39 is 21.4 Å². The molecule has 0 aromatic rings. The van der Waals surface area contributed by atoms with Crippen LogP contribution in [-0.4, -0.2) is 0 Å². The van der Waals surface area contributed by atoms with Crippen molar-refractivity contribution in [3.8, 4) is 0 Å². The number of rotatable bonds is 5. The molecule has 1 heteroatoms. The van der Waals surface area contributed by atoms with Crippen molar-refractivity contribution in [1.82, 2.24) is 0 Å². The Hall–Kier alpha value is 0.350. The van der Waals surface area contributed by atoms with Crippen molar-refractivity contribution in [1.29, 1.82) is 0 Å². The second-order valence-electron chi connectivity index (χ2n) is 4.39. The summed E-state index contributed by atoms with van der Waals surface area (Å²) < 4.78 is 7.00. The van der Waals surface area contributed by atoms with Crippen LogP contribution >= 0.6 is 0 Å². The molecule has 0 aromatic heterocycles. The molecule has 0 nitrogen and oxygen atoms in total. The molecule has 1 aliphatic carbocycles. The summed E-state index contributed by atoms with van der Waals surface area (Å²) in [6.45, 7) is 4.60. The van der Waals surface area contributed by atoms with E-state index in [-0.39, 0.29) is 0 Å². The van der Waals surface area contributed by atoms with Gasteiger partial charge in [0, 0.05) is 0 Å². The molecule has 1 rings (SSSR count). The van der Waals surface area contributed by atoms with Gasteiger partial charge in [-0.25, -0.2) is 0 Å². The molecule has 0 saturated heterocycles. The monoisotopic (exact) mass is 359 g/mol. The summed E-state index contributed by atoms with van der Waals surface area (Å²) in [6.07, 6.45) is 9.12. The van der Waals surface area contributed by atoms with E-state index in [0.717, 1.165) is 0 Å². The second kappa shape index (κ2) is 6.05. The first-order chi connectivity index (χ1) is 6.70. The summed E-state index contributed by atoms with van der Waals surface area (Å²) >= 11 is -1.23.